The van der Waals surface area contributed by atoms with Gasteiger partial charge in [-0.2, -0.15) is 0 Å². The molecule has 112 valence electrons. The molecule has 0 aliphatic heterocycles. The first kappa shape index (κ1) is 16.5. The lowest BCUT2D eigenvalue weighted by atomic mass is 10.1. The minimum absolute atomic E-state index is 0.0245. The van der Waals surface area contributed by atoms with E-state index in [1.54, 1.807) is 24.3 Å². The molecule has 1 aromatic carbocycles. The highest BCUT2D eigenvalue weighted by Gasteiger charge is 2.12. The monoisotopic (exact) mass is 298 g/mol. The smallest absolute Gasteiger partial charge is 0.231 e. The number of amides is 1. The number of hydrogen-bond acceptors (Lipinski definition) is 3. The summed E-state index contributed by atoms with van der Waals surface area (Å²) in [6, 6.07) is 7.11. The van der Waals surface area contributed by atoms with E-state index < -0.39 is 10.0 Å². The predicted octanol–water partition coefficient (Wildman–Crippen LogP) is 1.54. The van der Waals surface area contributed by atoms with Gasteiger partial charge in [0.25, 0.3) is 0 Å². The summed E-state index contributed by atoms with van der Waals surface area (Å²) < 4.78 is 24.0. The maximum atomic E-state index is 11.7. The first-order valence-corrected chi connectivity index (χ1v) is 8.41. The Bertz CT molecular complexity index is 552. The van der Waals surface area contributed by atoms with Gasteiger partial charge in [-0.1, -0.05) is 19.1 Å². The molecular weight excluding hydrogens is 276 g/mol. The second-order valence-corrected chi connectivity index (χ2v) is 6.96. The summed E-state index contributed by atoms with van der Waals surface area (Å²) in [7, 11) is -1.76. The van der Waals surface area contributed by atoms with Crippen molar-refractivity contribution in [3.63, 3.8) is 0 Å². The van der Waals surface area contributed by atoms with Crippen LogP contribution in [0.3, 0.4) is 0 Å². The van der Waals surface area contributed by atoms with Gasteiger partial charge in [-0.15, -0.1) is 0 Å². The highest BCUT2D eigenvalue weighted by atomic mass is 32.2. The molecule has 0 aliphatic carbocycles. The molecule has 0 aromatic heterocycles. The molecule has 0 heterocycles. The molecule has 1 N–H and O–H groups in total. The molecule has 1 rings (SSSR count). The number of carbonyl (C=O) groups excluding carboxylic acids is 1. The molecule has 0 fully saturated rings. The van der Waals surface area contributed by atoms with Crippen molar-refractivity contribution in [2.24, 2.45) is 0 Å². The van der Waals surface area contributed by atoms with Gasteiger partial charge in [0.1, 0.15) is 0 Å². The minimum atomic E-state index is -3.26. The molecule has 0 saturated carbocycles. The number of nitrogens with one attached hydrogen (secondary N) is 1. The normalized spacial score (nSPS) is 12.8. The van der Waals surface area contributed by atoms with E-state index in [0.717, 1.165) is 18.2 Å². The Morgan fingerprint density at radius 3 is 2.30 bits per heavy atom. The number of carbonyl (C=O) groups is 1. The summed E-state index contributed by atoms with van der Waals surface area (Å²) in [5.74, 6) is -0.0245. The molecule has 0 bridgehead atoms. The molecule has 0 unspecified atom stereocenters. The van der Waals surface area contributed by atoms with Crippen molar-refractivity contribution in [3.05, 3.63) is 29.8 Å². The van der Waals surface area contributed by atoms with Crippen molar-refractivity contribution in [1.29, 1.82) is 0 Å². The summed E-state index contributed by atoms with van der Waals surface area (Å²) >= 11 is 0. The van der Waals surface area contributed by atoms with Crippen molar-refractivity contribution in [1.82, 2.24) is 5.32 Å². The van der Waals surface area contributed by atoms with Crippen molar-refractivity contribution in [2.75, 3.05) is 17.6 Å². The van der Waals surface area contributed by atoms with Gasteiger partial charge in [0.2, 0.25) is 15.9 Å². The Kier molecular flexibility index (Phi) is 5.56. The van der Waals surface area contributed by atoms with Crippen LogP contribution in [0.25, 0.3) is 0 Å². The number of nitrogens with zero attached hydrogens (tertiary/aromatic N) is 1. The molecule has 6 heteroatoms. The van der Waals surface area contributed by atoms with Gasteiger partial charge >= 0.3 is 0 Å². The first-order valence-electron chi connectivity index (χ1n) is 6.56. The number of hydrogen-bond donors (Lipinski definition) is 1. The Morgan fingerprint density at radius 1 is 1.30 bits per heavy atom. The Balaban J connectivity index is 2.70. The van der Waals surface area contributed by atoms with Gasteiger partial charge in [0.15, 0.2) is 0 Å². The van der Waals surface area contributed by atoms with E-state index in [1.807, 2.05) is 13.8 Å². The molecule has 5 nitrogen and oxygen atoms in total. The van der Waals surface area contributed by atoms with Crippen LogP contribution in [-0.4, -0.2) is 33.7 Å². The maximum Gasteiger partial charge on any atom is 0.231 e. The van der Waals surface area contributed by atoms with E-state index in [4.69, 9.17) is 0 Å². The van der Waals surface area contributed by atoms with E-state index in [2.05, 4.69) is 5.32 Å². The van der Waals surface area contributed by atoms with Crippen LogP contribution in [0.2, 0.25) is 0 Å². The number of sulfonamides is 1. The Labute approximate surface area is 121 Å². The number of anilines is 1. The van der Waals surface area contributed by atoms with Crippen molar-refractivity contribution >= 4 is 21.6 Å². The van der Waals surface area contributed by atoms with E-state index in [9.17, 15) is 13.2 Å². The molecule has 0 aliphatic rings. The van der Waals surface area contributed by atoms with Gasteiger partial charge < -0.3 is 5.32 Å². The fourth-order valence-corrected chi connectivity index (χ4v) is 2.13. The molecule has 20 heavy (non-hydrogen) atoms. The molecule has 1 atom stereocenters. The van der Waals surface area contributed by atoms with Crippen LogP contribution in [0.1, 0.15) is 25.8 Å². The van der Waals surface area contributed by atoms with Crippen LogP contribution >= 0.6 is 0 Å². The molecule has 1 amide bonds. The molecule has 0 spiro atoms. The largest absolute Gasteiger partial charge is 0.353 e. The topological polar surface area (TPSA) is 66.5 Å². The van der Waals surface area contributed by atoms with Gasteiger partial charge in [-0.05, 0) is 31.0 Å². The van der Waals surface area contributed by atoms with Crippen LogP contribution in [0.4, 0.5) is 5.69 Å². The summed E-state index contributed by atoms with van der Waals surface area (Å²) in [5, 5.41) is 2.89. The second-order valence-electron chi connectivity index (χ2n) is 4.95. The molecule has 1 aromatic rings. The summed E-state index contributed by atoms with van der Waals surface area (Å²) in [4.78, 5) is 11.7. The number of benzene rings is 1. The van der Waals surface area contributed by atoms with Crippen molar-refractivity contribution < 1.29 is 13.2 Å². The molecule has 0 saturated heterocycles. The maximum absolute atomic E-state index is 11.7. The lowest BCUT2D eigenvalue weighted by molar-refractivity contribution is -0.121. The third kappa shape index (κ3) is 4.85. The summed E-state index contributed by atoms with van der Waals surface area (Å²) in [5.41, 5.74) is 1.44. The van der Waals surface area contributed by atoms with Gasteiger partial charge in [0, 0.05) is 13.1 Å². The van der Waals surface area contributed by atoms with Crippen LogP contribution in [-0.2, 0) is 21.2 Å². The van der Waals surface area contributed by atoms with E-state index in [1.165, 1.54) is 11.4 Å². The Hall–Kier alpha value is -1.56. The first-order chi connectivity index (χ1) is 9.24. The SMILES string of the molecule is CC[C@H](C)NC(=O)Cc1ccc(N(C)S(C)(=O)=O)cc1. The van der Waals surface area contributed by atoms with E-state index >= 15 is 0 Å². The van der Waals surface area contributed by atoms with Crippen LogP contribution in [0, 0.1) is 0 Å². The minimum Gasteiger partial charge on any atom is -0.353 e. The fraction of sp³-hybridized carbons (Fsp3) is 0.500. The summed E-state index contributed by atoms with van der Waals surface area (Å²) in [6.07, 6.45) is 2.34. The molecular formula is C14H22N2O3S. The van der Waals surface area contributed by atoms with E-state index in [-0.39, 0.29) is 11.9 Å². The average Bonchev–Trinajstić information content (AvgIpc) is 2.37. The zero-order valence-electron chi connectivity index (χ0n) is 12.4. The van der Waals surface area contributed by atoms with Crippen molar-refractivity contribution in [3.8, 4) is 0 Å². The lowest BCUT2D eigenvalue weighted by Crippen LogP contribution is -2.33. The third-order valence-electron chi connectivity index (χ3n) is 3.18. The standard InChI is InChI=1S/C14H22N2O3S/c1-5-11(2)15-14(17)10-12-6-8-13(9-7-12)16(3)20(4,18)19/h6-9,11H,5,10H2,1-4H3,(H,15,17)/t11-/m0/s1. The quantitative estimate of drug-likeness (QED) is 0.866. The van der Waals surface area contributed by atoms with Gasteiger partial charge in [0.05, 0.1) is 18.4 Å². The zero-order valence-corrected chi connectivity index (χ0v) is 13.2. The highest BCUT2D eigenvalue weighted by molar-refractivity contribution is 7.92. The predicted molar refractivity (Wildman–Crippen MR) is 81.3 cm³/mol. The van der Waals surface area contributed by atoms with Crippen LogP contribution in [0.15, 0.2) is 24.3 Å². The highest BCUT2D eigenvalue weighted by Crippen LogP contribution is 2.16. The van der Waals surface area contributed by atoms with Gasteiger partial charge in [-0.25, -0.2) is 8.42 Å². The Morgan fingerprint density at radius 2 is 1.85 bits per heavy atom. The van der Waals surface area contributed by atoms with Crippen LogP contribution < -0.4 is 9.62 Å². The molecule has 0 radical (unpaired) electrons. The number of rotatable bonds is 6. The summed E-state index contributed by atoms with van der Waals surface area (Å²) in [6.45, 7) is 3.98. The van der Waals surface area contributed by atoms with Gasteiger partial charge in [-0.3, -0.25) is 9.10 Å². The average molecular weight is 298 g/mol. The zero-order chi connectivity index (χ0) is 15.3. The third-order valence-corrected chi connectivity index (χ3v) is 4.39. The second kappa shape index (κ2) is 6.74. The fourth-order valence-electron chi connectivity index (χ4n) is 1.63. The van der Waals surface area contributed by atoms with Crippen LogP contribution in [0.5, 0.6) is 0 Å². The van der Waals surface area contributed by atoms with E-state index in [0.29, 0.717) is 12.1 Å². The van der Waals surface area contributed by atoms with Crippen molar-refractivity contribution in [2.45, 2.75) is 32.7 Å². The lowest BCUT2D eigenvalue weighted by Gasteiger charge is -2.17.